The van der Waals surface area contributed by atoms with Gasteiger partial charge in [0.15, 0.2) is 5.78 Å². The topological polar surface area (TPSA) is 54.4 Å². The monoisotopic (exact) mass is 378 g/mol. The van der Waals surface area contributed by atoms with Crippen molar-refractivity contribution in [3.63, 3.8) is 0 Å². The highest BCUT2D eigenvalue weighted by molar-refractivity contribution is 6.40. The summed E-state index contributed by atoms with van der Waals surface area (Å²) in [4.78, 5) is 21.4. The van der Waals surface area contributed by atoms with Crippen LogP contribution in [0.5, 0.6) is 5.75 Å². The SMILES string of the molecule is COc1ccc2[nH]cc(C3=CC(=Nc4ccccc4)c4ccccc4C3=O)c2c1. The van der Waals surface area contributed by atoms with Crippen LogP contribution in [-0.4, -0.2) is 23.6 Å². The normalized spacial score (nSPS) is 14.7. The Bertz CT molecular complexity index is 1300. The first-order valence-corrected chi connectivity index (χ1v) is 9.39. The fourth-order valence-corrected chi connectivity index (χ4v) is 3.71. The number of aliphatic imine (C=N–C) groups is 1. The molecular weight excluding hydrogens is 360 g/mol. The molecule has 0 bridgehead atoms. The van der Waals surface area contributed by atoms with Gasteiger partial charge in [0.2, 0.25) is 0 Å². The molecule has 0 saturated carbocycles. The van der Waals surface area contributed by atoms with Crippen LogP contribution in [0.1, 0.15) is 21.5 Å². The van der Waals surface area contributed by atoms with Crippen molar-refractivity contribution in [2.45, 2.75) is 0 Å². The van der Waals surface area contributed by atoms with Crippen LogP contribution in [0.2, 0.25) is 0 Å². The Labute approximate surface area is 168 Å². The third-order valence-electron chi connectivity index (χ3n) is 5.16. The molecule has 0 spiro atoms. The largest absolute Gasteiger partial charge is 0.497 e. The minimum Gasteiger partial charge on any atom is -0.497 e. The number of carbonyl (C=O) groups is 1. The lowest BCUT2D eigenvalue weighted by atomic mass is 9.85. The van der Waals surface area contributed by atoms with Crippen LogP contribution in [0, 0.1) is 0 Å². The van der Waals surface area contributed by atoms with Crippen molar-refractivity contribution >= 4 is 33.7 Å². The van der Waals surface area contributed by atoms with E-state index in [1.807, 2.05) is 85.1 Å². The lowest BCUT2D eigenvalue weighted by Crippen LogP contribution is -2.16. The molecule has 1 N–H and O–H groups in total. The van der Waals surface area contributed by atoms with Crippen LogP contribution >= 0.6 is 0 Å². The van der Waals surface area contributed by atoms with Crippen molar-refractivity contribution < 1.29 is 9.53 Å². The van der Waals surface area contributed by atoms with Crippen molar-refractivity contribution in [2.24, 2.45) is 4.99 Å². The van der Waals surface area contributed by atoms with Crippen LogP contribution < -0.4 is 4.74 Å². The Kier molecular flexibility index (Phi) is 4.10. The van der Waals surface area contributed by atoms with Gasteiger partial charge in [-0.15, -0.1) is 0 Å². The van der Waals surface area contributed by atoms with Gasteiger partial charge in [-0.1, -0.05) is 42.5 Å². The van der Waals surface area contributed by atoms with Gasteiger partial charge < -0.3 is 9.72 Å². The Morgan fingerprint density at radius 3 is 2.41 bits per heavy atom. The highest BCUT2D eigenvalue weighted by Crippen LogP contribution is 2.34. The summed E-state index contributed by atoms with van der Waals surface area (Å²) >= 11 is 0. The van der Waals surface area contributed by atoms with E-state index in [0.29, 0.717) is 11.1 Å². The molecular formula is C25H18N2O2. The number of ketones is 1. The summed E-state index contributed by atoms with van der Waals surface area (Å²) < 4.78 is 5.38. The number of fused-ring (bicyclic) bond motifs is 2. The van der Waals surface area contributed by atoms with Crippen molar-refractivity contribution in [1.29, 1.82) is 0 Å². The van der Waals surface area contributed by atoms with Crippen LogP contribution in [0.15, 0.2) is 90.1 Å². The fraction of sp³-hybridized carbons (Fsp3) is 0.0400. The highest BCUT2D eigenvalue weighted by Gasteiger charge is 2.26. The first kappa shape index (κ1) is 17.2. The van der Waals surface area contributed by atoms with E-state index in [4.69, 9.17) is 9.73 Å². The molecule has 4 aromatic rings. The van der Waals surface area contributed by atoms with E-state index in [9.17, 15) is 4.79 Å². The number of allylic oxidation sites excluding steroid dienone is 2. The number of aromatic nitrogens is 1. The minimum atomic E-state index is -0.00340. The molecule has 3 aromatic carbocycles. The van der Waals surface area contributed by atoms with Gasteiger partial charge in [-0.25, -0.2) is 4.99 Å². The lowest BCUT2D eigenvalue weighted by molar-refractivity contribution is 0.105. The predicted octanol–water partition coefficient (Wildman–Crippen LogP) is 5.58. The summed E-state index contributed by atoms with van der Waals surface area (Å²) in [6.07, 6.45) is 3.77. The maximum Gasteiger partial charge on any atom is 0.194 e. The number of carbonyl (C=O) groups excluding carboxylic acids is 1. The smallest absolute Gasteiger partial charge is 0.194 e. The molecule has 29 heavy (non-hydrogen) atoms. The van der Waals surface area contributed by atoms with Gasteiger partial charge in [-0.05, 0) is 36.4 Å². The Balaban J connectivity index is 1.73. The number of nitrogens with one attached hydrogen (secondary N) is 1. The zero-order chi connectivity index (χ0) is 19.8. The summed E-state index contributed by atoms with van der Waals surface area (Å²) in [5, 5.41) is 0.947. The molecule has 0 radical (unpaired) electrons. The van der Waals surface area contributed by atoms with Gasteiger partial charge in [-0.3, -0.25) is 4.79 Å². The summed E-state index contributed by atoms with van der Waals surface area (Å²) in [7, 11) is 1.64. The van der Waals surface area contributed by atoms with Crippen LogP contribution in [0.3, 0.4) is 0 Å². The van der Waals surface area contributed by atoms with E-state index in [1.54, 1.807) is 7.11 Å². The average molecular weight is 378 g/mol. The second-order valence-corrected chi connectivity index (χ2v) is 6.88. The molecule has 0 atom stereocenters. The lowest BCUT2D eigenvalue weighted by Gasteiger charge is -2.17. The van der Waals surface area contributed by atoms with Crippen LogP contribution in [0.4, 0.5) is 5.69 Å². The minimum absolute atomic E-state index is 0.00340. The van der Waals surface area contributed by atoms with Crippen molar-refractivity contribution in [3.8, 4) is 5.75 Å². The molecule has 1 aliphatic carbocycles. The molecule has 0 unspecified atom stereocenters. The Morgan fingerprint density at radius 2 is 1.62 bits per heavy atom. The van der Waals surface area contributed by atoms with E-state index in [0.717, 1.165) is 39.2 Å². The molecule has 0 saturated heterocycles. The number of benzene rings is 3. The van der Waals surface area contributed by atoms with E-state index < -0.39 is 0 Å². The first-order chi connectivity index (χ1) is 14.2. The third-order valence-corrected chi connectivity index (χ3v) is 5.16. The number of nitrogens with zero attached hydrogens (tertiary/aromatic N) is 1. The molecule has 4 heteroatoms. The van der Waals surface area contributed by atoms with Crippen molar-refractivity contribution in [2.75, 3.05) is 7.11 Å². The second kappa shape index (κ2) is 6.91. The molecule has 4 nitrogen and oxygen atoms in total. The summed E-state index contributed by atoms with van der Waals surface area (Å²) in [5.74, 6) is 0.747. The summed E-state index contributed by atoms with van der Waals surface area (Å²) in [5.41, 5.74) is 5.56. The second-order valence-electron chi connectivity index (χ2n) is 6.88. The standard InChI is InChI=1S/C25H18N2O2/c1-29-17-11-12-23-20(13-17)22(15-26-23)21-14-24(27-16-7-3-2-4-8-16)18-9-5-6-10-19(18)25(21)28/h2-15,26H,1H3. The van der Waals surface area contributed by atoms with Crippen molar-refractivity contribution in [3.05, 3.63) is 102 Å². The van der Waals surface area contributed by atoms with Gasteiger partial charge in [0, 0.05) is 39.4 Å². The zero-order valence-corrected chi connectivity index (χ0v) is 15.8. The van der Waals surface area contributed by atoms with Gasteiger partial charge in [0.05, 0.1) is 18.5 Å². The number of Topliss-reactive ketones (excluding diaryl/α,β-unsaturated/α-hetero) is 1. The van der Waals surface area contributed by atoms with E-state index in [-0.39, 0.29) is 5.78 Å². The predicted molar refractivity (Wildman–Crippen MR) is 116 cm³/mol. The third kappa shape index (κ3) is 2.95. The number of rotatable bonds is 3. The van der Waals surface area contributed by atoms with Crippen molar-refractivity contribution in [1.82, 2.24) is 4.98 Å². The number of aromatic amines is 1. The average Bonchev–Trinajstić information content (AvgIpc) is 3.19. The molecule has 1 aliphatic rings. The van der Waals surface area contributed by atoms with Gasteiger partial charge in [-0.2, -0.15) is 0 Å². The maximum absolute atomic E-state index is 13.3. The Morgan fingerprint density at radius 1 is 0.862 bits per heavy atom. The quantitative estimate of drug-likeness (QED) is 0.506. The summed E-state index contributed by atoms with van der Waals surface area (Å²) in [6.45, 7) is 0. The van der Waals surface area contributed by atoms with E-state index in [1.165, 1.54) is 0 Å². The fourth-order valence-electron chi connectivity index (χ4n) is 3.71. The maximum atomic E-state index is 13.3. The first-order valence-electron chi connectivity index (χ1n) is 9.39. The highest BCUT2D eigenvalue weighted by atomic mass is 16.5. The zero-order valence-electron chi connectivity index (χ0n) is 15.8. The molecule has 5 rings (SSSR count). The molecule has 140 valence electrons. The number of ether oxygens (including phenoxy) is 1. The van der Waals surface area contributed by atoms with Crippen LogP contribution in [0.25, 0.3) is 16.5 Å². The van der Waals surface area contributed by atoms with Gasteiger partial charge >= 0.3 is 0 Å². The Hall–Kier alpha value is -3.92. The molecule has 1 heterocycles. The molecule has 0 aliphatic heterocycles. The van der Waals surface area contributed by atoms with Gasteiger partial charge in [0.25, 0.3) is 0 Å². The molecule has 1 aromatic heterocycles. The van der Waals surface area contributed by atoms with Gasteiger partial charge in [0.1, 0.15) is 5.75 Å². The molecule has 0 fully saturated rings. The molecule has 0 amide bonds. The van der Waals surface area contributed by atoms with Crippen LogP contribution in [-0.2, 0) is 0 Å². The number of H-pyrrole nitrogens is 1. The number of para-hydroxylation sites is 1. The van der Waals surface area contributed by atoms with E-state index >= 15 is 0 Å². The number of hydrogen-bond acceptors (Lipinski definition) is 3. The van der Waals surface area contributed by atoms with E-state index in [2.05, 4.69) is 4.98 Å². The number of methoxy groups -OCH3 is 1. The number of hydrogen-bond donors (Lipinski definition) is 1. The summed E-state index contributed by atoms with van der Waals surface area (Å²) in [6, 6.07) is 23.2.